The Kier molecular flexibility index (Phi) is 8.62. The molecule has 29 heavy (non-hydrogen) atoms. The number of para-hydroxylation sites is 1. The van der Waals surface area contributed by atoms with Crippen molar-refractivity contribution in [2.75, 3.05) is 39.9 Å². The van der Waals surface area contributed by atoms with Gasteiger partial charge in [-0.1, -0.05) is 18.2 Å². The van der Waals surface area contributed by atoms with Crippen molar-refractivity contribution in [3.8, 4) is 0 Å². The maximum Gasteiger partial charge on any atom is 0.193 e. The summed E-state index contributed by atoms with van der Waals surface area (Å²) in [5, 5.41) is 4.64. The molecule has 2 fully saturated rings. The third kappa shape index (κ3) is 6.08. The highest BCUT2D eigenvalue weighted by atomic mass is 127. The number of nitrogens with zero attached hydrogens (tertiary/aromatic N) is 2. The summed E-state index contributed by atoms with van der Waals surface area (Å²) in [6.45, 7) is 4.39. The van der Waals surface area contributed by atoms with Gasteiger partial charge < -0.3 is 24.1 Å². The van der Waals surface area contributed by atoms with Crippen LogP contribution < -0.4 is 5.32 Å². The molecule has 0 aliphatic carbocycles. The SMILES string of the molecule is CN=C(NCCc1cc2ccccc2o1)N1CCC(OCC2CCCO2)CC1.I. The largest absolute Gasteiger partial charge is 0.461 e. The number of ether oxygens (including phenoxy) is 2. The standard InChI is InChI=1S/C22H31N3O3.HI/c1-23-22(24-11-8-19-15-17-5-2-3-7-21(17)28-19)25-12-9-18(10-13-25)27-16-20-6-4-14-26-20;/h2-3,5,7,15,18,20H,4,6,8-14,16H2,1H3,(H,23,24);1H. The number of fused-ring (bicyclic) bond motifs is 1. The Morgan fingerprint density at radius 2 is 2.07 bits per heavy atom. The van der Waals surface area contributed by atoms with Gasteiger partial charge in [0.2, 0.25) is 0 Å². The lowest BCUT2D eigenvalue weighted by Gasteiger charge is -2.34. The van der Waals surface area contributed by atoms with Crippen molar-refractivity contribution in [1.82, 2.24) is 10.2 Å². The van der Waals surface area contributed by atoms with E-state index < -0.39 is 0 Å². The molecular formula is C22H32IN3O3. The van der Waals surface area contributed by atoms with Gasteiger partial charge in [-0.2, -0.15) is 0 Å². The van der Waals surface area contributed by atoms with Crippen molar-refractivity contribution in [3.63, 3.8) is 0 Å². The summed E-state index contributed by atoms with van der Waals surface area (Å²) in [4.78, 5) is 6.78. The second-order valence-corrected chi connectivity index (χ2v) is 7.63. The molecule has 160 valence electrons. The van der Waals surface area contributed by atoms with Crippen molar-refractivity contribution in [2.45, 2.75) is 44.3 Å². The van der Waals surface area contributed by atoms with Crippen LogP contribution in [-0.4, -0.2) is 63.0 Å². The second kappa shape index (κ2) is 11.2. The Balaban J connectivity index is 0.00000240. The molecule has 2 aliphatic rings. The Bertz CT molecular complexity index is 747. The summed E-state index contributed by atoms with van der Waals surface area (Å²) in [6, 6.07) is 10.3. The van der Waals surface area contributed by atoms with Gasteiger partial charge in [0.1, 0.15) is 11.3 Å². The molecule has 1 aromatic heterocycles. The molecule has 0 saturated carbocycles. The highest BCUT2D eigenvalue weighted by molar-refractivity contribution is 14.0. The zero-order chi connectivity index (χ0) is 19.2. The van der Waals surface area contributed by atoms with Crippen molar-refractivity contribution < 1.29 is 13.9 Å². The normalized spacial score (nSPS) is 20.8. The highest BCUT2D eigenvalue weighted by Gasteiger charge is 2.24. The zero-order valence-corrected chi connectivity index (χ0v) is 19.5. The number of guanidine groups is 1. The molecule has 1 N–H and O–H groups in total. The van der Waals surface area contributed by atoms with Crippen LogP contribution in [0.3, 0.4) is 0 Å². The minimum atomic E-state index is 0. The van der Waals surface area contributed by atoms with E-state index in [0.717, 1.165) is 81.2 Å². The second-order valence-electron chi connectivity index (χ2n) is 7.63. The third-order valence-corrected chi connectivity index (χ3v) is 5.63. The summed E-state index contributed by atoms with van der Waals surface area (Å²) in [7, 11) is 1.85. The summed E-state index contributed by atoms with van der Waals surface area (Å²) in [5.74, 6) is 1.97. The van der Waals surface area contributed by atoms with E-state index in [1.165, 1.54) is 6.42 Å². The molecule has 2 aliphatic heterocycles. The fourth-order valence-electron chi connectivity index (χ4n) is 4.04. The molecule has 0 spiro atoms. The van der Waals surface area contributed by atoms with E-state index in [2.05, 4.69) is 27.3 Å². The molecule has 1 atom stereocenters. The number of aliphatic imine (C=N–C) groups is 1. The lowest BCUT2D eigenvalue weighted by molar-refractivity contribution is -0.0367. The average Bonchev–Trinajstić information content (AvgIpc) is 3.39. The maximum atomic E-state index is 6.07. The van der Waals surface area contributed by atoms with Crippen LogP contribution in [0.1, 0.15) is 31.4 Å². The van der Waals surface area contributed by atoms with E-state index in [4.69, 9.17) is 13.9 Å². The fourth-order valence-corrected chi connectivity index (χ4v) is 4.04. The van der Waals surface area contributed by atoms with Crippen molar-refractivity contribution >= 4 is 40.9 Å². The highest BCUT2D eigenvalue weighted by Crippen LogP contribution is 2.19. The topological polar surface area (TPSA) is 59.2 Å². The van der Waals surface area contributed by atoms with Crippen LogP contribution in [0.15, 0.2) is 39.7 Å². The number of halogens is 1. The summed E-state index contributed by atoms with van der Waals surface area (Å²) in [6.07, 6.45) is 5.88. The number of piperidine rings is 1. The Morgan fingerprint density at radius 3 is 2.79 bits per heavy atom. The van der Waals surface area contributed by atoms with Crippen LogP contribution in [0, 0.1) is 0 Å². The fraction of sp³-hybridized carbons (Fsp3) is 0.591. The van der Waals surface area contributed by atoms with E-state index in [-0.39, 0.29) is 24.0 Å². The quantitative estimate of drug-likeness (QED) is 0.362. The van der Waals surface area contributed by atoms with E-state index in [1.807, 2.05) is 25.2 Å². The van der Waals surface area contributed by atoms with Crippen molar-refractivity contribution in [3.05, 3.63) is 36.1 Å². The van der Waals surface area contributed by atoms with Crippen molar-refractivity contribution in [2.24, 2.45) is 4.99 Å². The minimum absolute atomic E-state index is 0. The van der Waals surface area contributed by atoms with E-state index in [9.17, 15) is 0 Å². The molecule has 0 amide bonds. The Labute approximate surface area is 190 Å². The molecule has 0 radical (unpaired) electrons. The zero-order valence-electron chi connectivity index (χ0n) is 17.1. The first-order valence-corrected chi connectivity index (χ1v) is 10.5. The molecule has 1 aromatic carbocycles. The summed E-state index contributed by atoms with van der Waals surface area (Å²) < 4.78 is 17.6. The molecular weight excluding hydrogens is 481 g/mol. The monoisotopic (exact) mass is 513 g/mol. The molecule has 4 rings (SSSR count). The molecule has 7 heteroatoms. The predicted octanol–water partition coefficient (Wildman–Crippen LogP) is 3.83. The number of benzene rings is 1. The van der Waals surface area contributed by atoms with Gasteiger partial charge in [-0.25, -0.2) is 0 Å². The number of rotatable bonds is 6. The van der Waals surface area contributed by atoms with Gasteiger partial charge in [-0.05, 0) is 37.8 Å². The number of hydrogen-bond acceptors (Lipinski definition) is 4. The van der Waals surface area contributed by atoms with Gasteiger partial charge in [0, 0.05) is 45.1 Å². The smallest absolute Gasteiger partial charge is 0.193 e. The van der Waals surface area contributed by atoms with Crippen LogP contribution in [0.2, 0.25) is 0 Å². The van der Waals surface area contributed by atoms with Crippen LogP contribution in [-0.2, 0) is 15.9 Å². The van der Waals surface area contributed by atoms with E-state index in [0.29, 0.717) is 12.2 Å². The van der Waals surface area contributed by atoms with Crippen LogP contribution >= 0.6 is 24.0 Å². The summed E-state index contributed by atoms with van der Waals surface area (Å²) in [5.41, 5.74) is 0.951. The lowest BCUT2D eigenvalue weighted by atomic mass is 10.1. The Morgan fingerprint density at radius 1 is 1.24 bits per heavy atom. The number of furan rings is 1. The van der Waals surface area contributed by atoms with Gasteiger partial charge in [0.25, 0.3) is 0 Å². The van der Waals surface area contributed by atoms with Gasteiger partial charge in [-0.15, -0.1) is 24.0 Å². The molecule has 6 nitrogen and oxygen atoms in total. The van der Waals surface area contributed by atoms with Crippen LogP contribution in [0.5, 0.6) is 0 Å². The molecule has 1 unspecified atom stereocenters. The third-order valence-electron chi connectivity index (χ3n) is 5.63. The van der Waals surface area contributed by atoms with Crippen LogP contribution in [0.25, 0.3) is 11.0 Å². The van der Waals surface area contributed by atoms with Gasteiger partial charge in [0.15, 0.2) is 5.96 Å². The number of nitrogens with one attached hydrogen (secondary N) is 1. The number of hydrogen-bond donors (Lipinski definition) is 1. The lowest BCUT2D eigenvalue weighted by Crippen LogP contribution is -2.47. The minimum Gasteiger partial charge on any atom is -0.461 e. The van der Waals surface area contributed by atoms with E-state index >= 15 is 0 Å². The Hall–Kier alpha value is -1.32. The summed E-state index contributed by atoms with van der Waals surface area (Å²) >= 11 is 0. The van der Waals surface area contributed by atoms with Gasteiger partial charge >= 0.3 is 0 Å². The maximum absolute atomic E-state index is 6.07. The predicted molar refractivity (Wildman–Crippen MR) is 126 cm³/mol. The number of likely N-dealkylation sites (tertiary alicyclic amines) is 1. The average molecular weight is 513 g/mol. The van der Waals surface area contributed by atoms with E-state index in [1.54, 1.807) is 0 Å². The van der Waals surface area contributed by atoms with Gasteiger partial charge in [0.05, 0.1) is 18.8 Å². The first-order valence-electron chi connectivity index (χ1n) is 10.5. The first-order chi connectivity index (χ1) is 13.8. The molecule has 0 bridgehead atoms. The van der Waals surface area contributed by atoms with Crippen molar-refractivity contribution in [1.29, 1.82) is 0 Å². The molecule has 3 heterocycles. The van der Waals surface area contributed by atoms with Gasteiger partial charge in [-0.3, -0.25) is 4.99 Å². The molecule has 2 saturated heterocycles. The first kappa shape index (κ1) is 22.4. The molecule has 2 aromatic rings. The van der Waals surface area contributed by atoms with Crippen LogP contribution in [0.4, 0.5) is 0 Å².